The number of aliphatic hydroxyl groups is 1. The molecule has 1 aromatic heterocycles. The van der Waals surface area contributed by atoms with Crippen LogP contribution in [0.15, 0.2) is 5.38 Å². The first-order valence-corrected chi connectivity index (χ1v) is 10.2. The molecular formula is C19H28N2O2S. The van der Waals surface area contributed by atoms with E-state index in [2.05, 4.69) is 22.2 Å². The van der Waals surface area contributed by atoms with Gasteiger partial charge in [0.1, 0.15) is 0 Å². The fraction of sp³-hybridized carbons (Fsp3) is 0.737. The van der Waals surface area contributed by atoms with Crippen LogP contribution < -0.4 is 0 Å². The minimum absolute atomic E-state index is 0.00133. The Morgan fingerprint density at radius 3 is 2.96 bits per heavy atom. The van der Waals surface area contributed by atoms with Gasteiger partial charge in [-0.1, -0.05) is 0 Å². The molecule has 24 heavy (non-hydrogen) atoms. The lowest BCUT2D eigenvalue weighted by Crippen LogP contribution is -2.62. The Morgan fingerprint density at radius 1 is 1.29 bits per heavy atom. The second kappa shape index (κ2) is 6.43. The summed E-state index contributed by atoms with van der Waals surface area (Å²) < 4.78 is 0. The monoisotopic (exact) mass is 348 g/mol. The maximum atomic E-state index is 13.2. The number of nitrogens with zero attached hydrogens (tertiary/aromatic N) is 2. The first-order chi connectivity index (χ1) is 11.6. The molecule has 0 aromatic carbocycles. The lowest BCUT2D eigenvalue weighted by atomic mass is 9.69. The number of likely N-dealkylation sites (tertiary alicyclic amines) is 2. The fourth-order valence-corrected chi connectivity index (χ4v) is 6.17. The van der Waals surface area contributed by atoms with E-state index in [1.54, 1.807) is 11.3 Å². The topological polar surface area (TPSA) is 43.8 Å². The van der Waals surface area contributed by atoms with E-state index in [4.69, 9.17) is 0 Å². The van der Waals surface area contributed by atoms with Crippen molar-refractivity contribution in [3.63, 3.8) is 0 Å². The van der Waals surface area contributed by atoms with Gasteiger partial charge in [-0.2, -0.15) is 0 Å². The highest BCUT2D eigenvalue weighted by atomic mass is 32.1. The van der Waals surface area contributed by atoms with Crippen LogP contribution in [0.1, 0.15) is 52.9 Å². The summed E-state index contributed by atoms with van der Waals surface area (Å²) in [6, 6.07) is 0.296. The molecule has 1 aliphatic carbocycles. The number of aryl methyl sites for hydroxylation is 1. The molecule has 0 radical (unpaired) electrons. The van der Waals surface area contributed by atoms with Crippen LogP contribution in [-0.4, -0.2) is 60.1 Å². The Hall–Kier alpha value is -0.910. The highest BCUT2D eigenvalue weighted by Gasteiger charge is 2.47. The molecule has 3 aliphatic rings. The number of hydrogen-bond donors (Lipinski definition) is 1. The second-order valence-electron chi connectivity index (χ2n) is 7.90. The average molecular weight is 349 g/mol. The number of fused-ring (bicyclic) bond motifs is 2. The zero-order valence-corrected chi connectivity index (χ0v) is 15.4. The van der Waals surface area contributed by atoms with Crippen LogP contribution in [0.5, 0.6) is 0 Å². The molecule has 5 heteroatoms. The molecule has 0 saturated carbocycles. The molecule has 3 heterocycles. The van der Waals surface area contributed by atoms with Crippen molar-refractivity contribution in [1.82, 2.24) is 9.80 Å². The van der Waals surface area contributed by atoms with Gasteiger partial charge >= 0.3 is 0 Å². The number of amides is 1. The minimum atomic E-state index is -0.00133. The third-order valence-electron chi connectivity index (χ3n) is 6.60. The molecule has 1 N–H and O–H groups in total. The van der Waals surface area contributed by atoms with Gasteiger partial charge in [-0.3, -0.25) is 4.79 Å². The standard InChI is InChI=1S/C19H28N2O2S/c1-20-9-4-7-19(13-22)8-10-21(11-16(19)20)18(23)17-15-6-3-2-5-14(15)12-24-17/h12,16,22H,2-11,13H2,1H3/t16-,19-/m1/s1. The van der Waals surface area contributed by atoms with Crippen molar-refractivity contribution < 1.29 is 9.90 Å². The van der Waals surface area contributed by atoms with E-state index >= 15 is 0 Å². The normalized spacial score (nSPS) is 30.8. The Bertz CT molecular complexity index is 629. The molecule has 2 aliphatic heterocycles. The molecule has 0 spiro atoms. The summed E-state index contributed by atoms with van der Waals surface area (Å²) in [5.74, 6) is 0.230. The van der Waals surface area contributed by atoms with E-state index in [0.717, 1.165) is 56.6 Å². The Kier molecular flexibility index (Phi) is 4.43. The molecule has 4 nitrogen and oxygen atoms in total. The van der Waals surface area contributed by atoms with E-state index < -0.39 is 0 Å². The Labute approximate surface area is 148 Å². The number of rotatable bonds is 2. The van der Waals surface area contributed by atoms with Gasteiger partial charge in [0.2, 0.25) is 0 Å². The van der Waals surface area contributed by atoms with Gasteiger partial charge in [-0.05, 0) is 75.0 Å². The molecule has 2 saturated heterocycles. The lowest BCUT2D eigenvalue weighted by molar-refractivity contribution is -0.0600. The molecule has 132 valence electrons. The second-order valence-corrected chi connectivity index (χ2v) is 8.78. The molecule has 1 aromatic rings. The number of carbonyl (C=O) groups excluding carboxylic acids is 1. The predicted molar refractivity (Wildman–Crippen MR) is 96.7 cm³/mol. The Morgan fingerprint density at radius 2 is 2.12 bits per heavy atom. The highest BCUT2D eigenvalue weighted by Crippen LogP contribution is 2.42. The summed E-state index contributed by atoms with van der Waals surface area (Å²) in [6.45, 7) is 2.88. The number of hydrogen-bond acceptors (Lipinski definition) is 4. The summed E-state index contributed by atoms with van der Waals surface area (Å²) >= 11 is 1.65. The maximum Gasteiger partial charge on any atom is 0.264 e. The van der Waals surface area contributed by atoms with E-state index in [9.17, 15) is 9.90 Å². The zero-order chi connectivity index (χ0) is 16.7. The van der Waals surface area contributed by atoms with Crippen molar-refractivity contribution >= 4 is 17.2 Å². The number of likely N-dealkylation sites (N-methyl/N-ethyl adjacent to an activating group) is 1. The smallest absolute Gasteiger partial charge is 0.264 e. The zero-order valence-electron chi connectivity index (χ0n) is 14.6. The number of aliphatic hydroxyl groups excluding tert-OH is 1. The van der Waals surface area contributed by atoms with Gasteiger partial charge in [0, 0.05) is 24.5 Å². The third kappa shape index (κ3) is 2.61. The van der Waals surface area contributed by atoms with Crippen LogP contribution in [0.2, 0.25) is 0 Å². The van der Waals surface area contributed by atoms with Crippen LogP contribution in [0.4, 0.5) is 0 Å². The molecule has 2 atom stereocenters. The minimum Gasteiger partial charge on any atom is -0.396 e. The van der Waals surface area contributed by atoms with Crippen molar-refractivity contribution in [1.29, 1.82) is 0 Å². The lowest BCUT2D eigenvalue weighted by Gasteiger charge is -2.53. The SMILES string of the molecule is CN1CCC[C@]2(CO)CCN(C(=O)c3scc4c3CCCC4)C[C@@H]12. The van der Waals surface area contributed by atoms with Crippen LogP contribution in [-0.2, 0) is 12.8 Å². The van der Waals surface area contributed by atoms with Crippen molar-refractivity contribution in [2.45, 2.75) is 51.0 Å². The first kappa shape index (κ1) is 16.6. The fourth-order valence-electron chi connectivity index (χ4n) is 5.04. The van der Waals surface area contributed by atoms with Gasteiger partial charge < -0.3 is 14.9 Å². The van der Waals surface area contributed by atoms with Crippen molar-refractivity contribution in [3.8, 4) is 0 Å². The van der Waals surface area contributed by atoms with Gasteiger partial charge in [0.15, 0.2) is 0 Å². The summed E-state index contributed by atoms with van der Waals surface area (Å²) in [5, 5.41) is 12.2. The van der Waals surface area contributed by atoms with Gasteiger partial charge in [-0.25, -0.2) is 0 Å². The van der Waals surface area contributed by atoms with Crippen LogP contribution in [0, 0.1) is 5.41 Å². The van der Waals surface area contributed by atoms with Crippen LogP contribution in [0.3, 0.4) is 0 Å². The number of carbonyl (C=O) groups is 1. The van der Waals surface area contributed by atoms with Crippen molar-refractivity contribution in [3.05, 3.63) is 21.4 Å². The van der Waals surface area contributed by atoms with Crippen molar-refractivity contribution in [2.75, 3.05) is 33.3 Å². The summed E-state index contributed by atoms with van der Waals surface area (Å²) in [5.41, 5.74) is 2.73. The van der Waals surface area contributed by atoms with Crippen molar-refractivity contribution in [2.24, 2.45) is 5.41 Å². The van der Waals surface area contributed by atoms with E-state index in [1.165, 1.54) is 24.0 Å². The summed E-state index contributed by atoms with van der Waals surface area (Å²) in [4.78, 5) is 18.6. The molecule has 0 bridgehead atoms. The molecule has 2 fully saturated rings. The average Bonchev–Trinajstić information content (AvgIpc) is 3.05. The predicted octanol–water partition coefficient (Wildman–Crippen LogP) is 2.55. The maximum absolute atomic E-state index is 13.2. The molecule has 4 rings (SSSR count). The summed E-state index contributed by atoms with van der Waals surface area (Å²) in [6.07, 6.45) is 7.85. The van der Waals surface area contributed by atoms with E-state index in [0.29, 0.717) is 6.04 Å². The van der Waals surface area contributed by atoms with Gasteiger partial charge in [0.05, 0.1) is 11.5 Å². The van der Waals surface area contributed by atoms with E-state index in [1.807, 2.05) is 0 Å². The summed E-state index contributed by atoms with van der Waals surface area (Å²) in [7, 11) is 2.15. The molecule has 1 amide bonds. The quantitative estimate of drug-likeness (QED) is 0.893. The number of piperidine rings is 2. The Balaban J connectivity index is 1.55. The number of thiophene rings is 1. The third-order valence-corrected chi connectivity index (χ3v) is 7.66. The van der Waals surface area contributed by atoms with Crippen LogP contribution in [0.25, 0.3) is 0 Å². The van der Waals surface area contributed by atoms with Gasteiger partial charge in [0.25, 0.3) is 5.91 Å². The largest absolute Gasteiger partial charge is 0.396 e. The first-order valence-electron chi connectivity index (χ1n) is 9.34. The molecule has 0 unspecified atom stereocenters. The van der Waals surface area contributed by atoms with Gasteiger partial charge in [-0.15, -0.1) is 11.3 Å². The van der Waals surface area contributed by atoms with Crippen LogP contribution >= 0.6 is 11.3 Å². The van der Waals surface area contributed by atoms with E-state index in [-0.39, 0.29) is 17.9 Å². The highest BCUT2D eigenvalue weighted by molar-refractivity contribution is 7.12. The molecular weight excluding hydrogens is 320 g/mol.